The van der Waals surface area contributed by atoms with Gasteiger partial charge in [0.2, 0.25) is 0 Å². The maximum atomic E-state index is 12.2. The second-order valence-electron chi connectivity index (χ2n) is 9.16. The number of nitrogens with one attached hydrogen (secondary N) is 1. The molecule has 0 amide bonds. The molecule has 4 unspecified atom stereocenters. The highest BCUT2D eigenvalue weighted by atomic mass is 127. The number of fused-ring (bicyclic) bond motifs is 2. The van der Waals surface area contributed by atoms with Gasteiger partial charge in [0.15, 0.2) is 5.96 Å². The van der Waals surface area contributed by atoms with E-state index in [4.69, 9.17) is 4.99 Å². The highest BCUT2D eigenvalue weighted by Gasteiger charge is 2.42. The van der Waals surface area contributed by atoms with E-state index in [0.29, 0.717) is 12.3 Å². The Labute approximate surface area is 185 Å². The number of hydrogen-bond donors (Lipinski definition) is 1. The largest absolute Gasteiger partial charge is 0.357 e. The van der Waals surface area contributed by atoms with Crippen molar-refractivity contribution in [1.29, 1.82) is 0 Å². The second kappa shape index (κ2) is 10.2. The Morgan fingerprint density at radius 1 is 1.15 bits per heavy atom. The van der Waals surface area contributed by atoms with Gasteiger partial charge >= 0.3 is 0 Å². The number of halogens is 1. The quantitative estimate of drug-likeness (QED) is 0.351. The molecule has 2 saturated carbocycles. The van der Waals surface area contributed by atoms with Gasteiger partial charge in [-0.2, -0.15) is 0 Å². The molecular weight excluding hydrogens is 471 g/mol. The molecule has 3 rings (SSSR count). The standard InChI is InChI=1S/C20H38N4OS.HI/c1-5-21-19(22-8-13-26(25)20(2,3)4)24-11-9-23(10-12-24)18-15-16-6-7-17(18)14-16;/h16-18H,5-15H2,1-4H3,(H,21,22);1H. The van der Waals surface area contributed by atoms with Crippen molar-refractivity contribution in [1.82, 2.24) is 15.1 Å². The van der Waals surface area contributed by atoms with Gasteiger partial charge in [-0.15, -0.1) is 24.0 Å². The topological polar surface area (TPSA) is 47.9 Å². The van der Waals surface area contributed by atoms with Crippen LogP contribution in [0.3, 0.4) is 0 Å². The van der Waals surface area contributed by atoms with E-state index in [2.05, 4.69) is 22.0 Å². The molecule has 5 nitrogen and oxygen atoms in total. The van der Waals surface area contributed by atoms with Gasteiger partial charge in [0, 0.05) is 60.1 Å². The van der Waals surface area contributed by atoms with Crippen LogP contribution >= 0.6 is 24.0 Å². The van der Waals surface area contributed by atoms with Crippen LogP contribution in [0.2, 0.25) is 0 Å². The van der Waals surface area contributed by atoms with E-state index < -0.39 is 10.8 Å². The second-order valence-corrected chi connectivity index (χ2v) is 11.5. The van der Waals surface area contributed by atoms with Crippen molar-refractivity contribution < 1.29 is 4.21 Å². The summed E-state index contributed by atoms with van der Waals surface area (Å²) in [5, 5.41) is 3.43. The number of piperazine rings is 1. The minimum atomic E-state index is -0.833. The van der Waals surface area contributed by atoms with Crippen molar-refractivity contribution in [3.8, 4) is 0 Å². The van der Waals surface area contributed by atoms with Gasteiger partial charge in [-0.05, 0) is 58.8 Å². The zero-order chi connectivity index (χ0) is 18.7. The van der Waals surface area contributed by atoms with Gasteiger partial charge in [-0.25, -0.2) is 0 Å². The van der Waals surface area contributed by atoms with E-state index >= 15 is 0 Å². The van der Waals surface area contributed by atoms with E-state index in [9.17, 15) is 4.21 Å². The molecule has 0 aromatic carbocycles. The first-order valence-corrected chi connectivity index (χ1v) is 11.9. The maximum Gasteiger partial charge on any atom is 0.194 e. The molecule has 0 spiro atoms. The average molecular weight is 511 g/mol. The first-order chi connectivity index (χ1) is 12.4. The molecule has 1 N–H and O–H groups in total. The summed E-state index contributed by atoms with van der Waals surface area (Å²) in [7, 11) is -0.833. The molecule has 158 valence electrons. The smallest absolute Gasteiger partial charge is 0.194 e. The summed E-state index contributed by atoms with van der Waals surface area (Å²) in [4.78, 5) is 9.92. The first kappa shape index (κ1) is 23.4. The predicted octanol–water partition coefficient (Wildman–Crippen LogP) is 2.92. The highest BCUT2D eigenvalue weighted by molar-refractivity contribution is 14.0. The molecule has 2 aliphatic carbocycles. The van der Waals surface area contributed by atoms with E-state index in [1.54, 1.807) is 0 Å². The lowest BCUT2D eigenvalue weighted by Crippen LogP contribution is -2.55. The van der Waals surface area contributed by atoms with Crippen molar-refractivity contribution >= 4 is 40.7 Å². The van der Waals surface area contributed by atoms with Crippen LogP contribution in [0.25, 0.3) is 0 Å². The molecule has 0 radical (unpaired) electrons. The number of hydrogen-bond acceptors (Lipinski definition) is 3. The number of nitrogens with zero attached hydrogens (tertiary/aromatic N) is 3. The maximum absolute atomic E-state index is 12.2. The van der Waals surface area contributed by atoms with Gasteiger partial charge in [-0.1, -0.05) is 6.42 Å². The van der Waals surface area contributed by atoms with E-state index in [1.165, 1.54) is 25.7 Å². The molecule has 0 aromatic rings. The Morgan fingerprint density at radius 3 is 2.37 bits per heavy atom. The number of aliphatic imine (C=N–C) groups is 1. The third kappa shape index (κ3) is 6.04. The fraction of sp³-hybridized carbons (Fsp3) is 0.950. The molecule has 1 saturated heterocycles. The molecular formula is C20H39IN4OS. The molecule has 3 aliphatic rings. The van der Waals surface area contributed by atoms with Crippen LogP contribution in [0.4, 0.5) is 0 Å². The Balaban J connectivity index is 0.00000261. The Hall–Kier alpha value is 0.110. The minimum Gasteiger partial charge on any atom is -0.357 e. The van der Waals surface area contributed by atoms with E-state index in [0.717, 1.165) is 56.6 Å². The van der Waals surface area contributed by atoms with Crippen LogP contribution in [0.1, 0.15) is 53.4 Å². The van der Waals surface area contributed by atoms with Crippen molar-refractivity contribution in [2.24, 2.45) is 16.8 Å². The Morgan fingerprint density at radius 2 is 1.85 bits per heavy atom. The Kier molecular flexibility index (Phi) is 8.86. The molecule has 27 heavy (non-hydrogen) atoms. The Bertz CT molecular complexity index is 529. The summed E-state index contributed by atoms with van der Waals surface area (Å²) in [5.41, 5.74) is 0. The zero-order valence-electron chi connectivity index (χ0n) is 17.6. The number of guanidine groups is 1. The molecule has 7 heteroatoms. The van der Waals surface area contributed by atoms with Crippen LogP contribution in [0.5, 0.6) is 0 Å². The summed E-state index contributed by atoms with van der Waals surface area (Å²) >= 11 is 0. The fourth-order valence-corrected chi connectivity index (χ4v) is 5.76. The van der Waals surface area contributed by atoms with Crippen LogP contribution in [-0.2, 0) is 10.8 Å². The lowest BCUT2D eigenvalue weighted by atomic mass is 9.93. The van der Waals surface area contributed by atoms with Crippen LogP contribution in [-0.4, -0.2) is 75.8 Å². The molecule has 0 aromatic heterocycles. The SMILES string of the molecule is CCNC(=NCCS(=O)C(C)(C)C)N1CCN(C2CC3CCC2C3)CC1.I. The van der Waals surface area contributed by atoms with Gasteiger partial charge in [0.05, 0.1) is 6.54 Å². The average Bonchev–Trinajstić information content (AvgIpc) is 3.23. The monoisotopic (exact) mass is 510 g/mol. The van der Waals surface area contributed by atoms with Gasteiger partial charge in [0.25, 0.3) is 0 Å². The van der Waals surface area contributed by atoms with Crippen molar-refractivity contribution in [3.05, 3.63) is 0 Å². The predicted molar refractivity (Wildman–Crippen MR) is 127 cm³/mol. The van der Waals surface area contributed by atoms with Crippen LogP contribution in [0.15, 0.2) is 4.99 Å². The zero-order valence-corrected chi connectivity index (χ0v) is 20.7. The molecule has 3 fully saturated rings. The molecule has 2 bridgehead atoms. The summed E-state index contributed by atoms with van der Waals surface area (Å²) in [6.45, 7) is 14.2. The molecule has 1 aliphatic heterocycles. The van der Waals surface area contributed by atoms with Crippen molar-refractivity contribution in [2.45, 2.75) is 64.2 Å². The van der Waals surface area contributed by atoms with Crippen LogP contribution < -0.4 is 5.32 Å². The van der Waals surface area contributed by atoms with Crippen molar-refractivity contribution in [2.75, 3.05) is 45.0 Å². The summed E-state index contributed by atoms with van der Waals surface area (Å²) in [6, 6.07) is 0.852. The van der Waals surface area contributed by atoms with E-state index in [-0.39, 0.29) is 28.7 Å². The number of rotatable bonds is 5. The minimum absolute atomic E-state index is 0. The van der Waals surface area contributed by atoms with E-state index in [1.807, 2.05) is 20.8 Å². The summed E-state index contributed by atoms with van der Waals surface area (Å²) in [6.07, 6.45) is 5.87. The summed E-state index contributed by atoms with van der Waals surface area (Å²) < 4.78 is 12.1. The first-order valence-electron chi connectivity index (χ1n) is 10.5. The van der Waals surface area contributed by atoms with Gasteiger partial charge in [0.1, 0.15) is 0 Å². The molecule has 4 atom stereocenters. The molecule has 1 heterocycles. The fourth-order valence-electron chi connectivity index (χ4n) is 4.89. The third-order valence-corrected chi connectivity index (χ3v) is 8.26. The lowest BCUT2D eigenvalue weighted by Gasteiger charge is -2.42. The lowest BCUT2D eigenvalue weighted by molar-refractivity contribution is 0.0958. The summed E-state index contributed by atoms with van der Waals surface area (Å²) in [5.74, 6) is 3.64. The van der Waals surface area contributed by atoms with Gasteiger partial charge < -0.3 is 10.2 Å². The normalized spacial score (nSPS) is 30.3. The highest BCUT2D eigenvalue weighted by Crippen LogP contribution is 2.46. The van der Waals surface area contributed by atoms with Crippen LogP contribution in [0, 0.1) is 11.8 Å². The third-order valence-electron chi connectivity index (χ3n) is 6.34. The van der Waals surface area contributed by atoms with Crippen molar-refractivity contribution in [3.63, 3.8) is 0 Å². The van der Waals surface area contributed by atoms with Gasteiger partial charge in [-0.3, -0.25) is 14.1 Å².